The molecule has 0 aromatic heterocycles. The first-order chi connectivity index (χ1) is 17.3. The molecular formula is C28H35ClF3N3O. The van der Waals surface area contributed by atoms with E-state index in [2.05, 4.69) is 15.1 Å². The summed E-state index contributed by atoms with van der Waals surface area (Å²) in [4.78, 5) is 17.8. The number of carbonyl (C=O) groups is 1. The van der Waals surface area contributed by atoms with E-state index in [-0.39, 0.29) is 16.5 Å². The maximum Gasteiger partial charge on any atom is 0.417 e. The van der Waals surface area contributed by atoms with Crippen molar-refractivity contribution in [2.45, 2.75) is 57.2 Å². The number of halogens is 4. The van der Waals surface area contributed by atoms with Crippen molar-refractivity contribution < 1.29 is 18.0 Å². The minimum Gasteiger partial charge on any atom is -0.352 e. The van der Waals surface area contributed by atoms with E-state index in [1.807, 2.05) is 0 Å². The van der Waals surface area contributed by atoms with E-state index >= 15 is 0 Å². The maximum absolute atomic E-state index is 13.5. The molecule has 0 spiro atoms. The van der Waals surface area contributed by atoms with Crippen LogP contribution in [0.25, 0.3) is 5.57 Å². The summed E-state index contributed by atoms with van der Waals surface area (Å²) in [5, 5.41) is 3.00. The third-order valence-electron chi connectivity index (χ3n) is 7.38. The molecule has 4 nitrogen and oxygen atoms in total. The molecule has 196 valence electrons. The zero-order valence-corrected chi connectivity index (χ0v) is 21.4. The van der Waals surface area contributed by atoms with E-state index in [0.29, 0.717) is 24.1 Å². The predicted molar refractivity (Wildman–Crippen MR) is 139 cm³/mol. The van der Waals surface area contributed by atoms with Crippen LogP contribution >= 0.6 is 11.6 Å². The van der Waals surface area contributed by atoms with Crippen LogP contribution < -0.4 is 5.32 Å². The van der Waals surface area contributed by atoms with Gasteiger partial charge in [0.25, 0.3) is 5.91 Å². The van der Waals surface area contributed by atoms with Gasteiger partial charge in [0, 0.05) is 23.2 Å². The number of likely N-dealkylation sites (tertiary alicyclic amines) is 2. The monoisotopic (exact) mass is 521 g/mol. The Balaban J connectivity index is 1.22. The first-order valence-electron chi connectivity index (χ1n) is 13.0. The molecule has 8 heteroatoms. The van der Waals surface area contributed by atoms with Gasteiger partial charge in [0.15, 0.2) is 0 Å². The van der Waals surface area contributed by atoms with Crippen molar-refractivity contribution >= 4 is 23.1 Å². The summed E-state index contributed by atoms with van der Waals surface area (Å²) < 4.78 is 40.5. The van der Waals surface area contributed by atoms with Crippen LogP contribution in [-0.2, 0) is 11.0 Å². The summed E-state index contributed by atoms with van der Waals surface area (Å²) in [6, 6.07) is 4.49. The SMILES string of the molecule is O=C(NCCCN1CCC(N2CCCCC2)CC1)C1=CCC=C(c2ccc(Cl)cc2C(F)(F)F)C=C1. The zero-order valence-electron chi connectivity index (χ0n) is 20.6. The van der Waals surface area contributed by atoms with Crippen molar-refractivity contribution in [3.05, 3.63) is 64.2 Å². The Kier molecular flexibility index (Phi) is 9.31. The number of allylic oxidation sites excluding steroid dienone is 4. The van der Waals surface area contributed by atoms with Crippen molar-refractivity contribution in [3.63, 3.8) is 0 Å². The summed E-state index contributed by atoms with van der Waals surface area (Å²) in [6.07, 6.45) is 9.82. The molecule has 0 saturated carbocycles. The lowest BCUT2D eigenvalue weighted by Gasteiger charge is -2.40. The van der Waals surface area contributed by atoms with Gasteiger partial charge in [0.2, 0.25) is 0 Å². The molecule has 2 saturated heterocycles. The van der Waals surface area contributed by atoms with Gasteiger partial charge in [-0.05, 0) is 101 Å². The summed E-state index contributed by atoms with van der Waals surface area (Å²) >= 11 is 5.80. The molecule has 3 aliphatic rings. The van der Waals surface area contributed by atoms with Crippen LogP contribution in [0.5, 0.6) is 0 Å². The van der Waals surface area contributed by atoms with Crippen molar-refractivity contribution in [2.24, 2.45) is 0 Å². The summed E-state index contributed by atoms with van der Waals surface area (Å²) in [6.45, 7) is 6.27. The maximum atomic E-state index is 13.5. The molecule has 2 fully saturated rings. The minimum absolute atomic E-state index is 0.0360. The number of piperidine rings is 2. The van der Waals surface area contributed by atoms with Gasteiger partial charge in [-0.3, -0.25) is 4.79 Å². The topological polar surface area (TPSA) is 35.6 Å². The Morgan fingerprint density at radius 3 is 2.50 bits per heavy atom. The molecule has 0 atom stereocenters. The van der Waals surface area contributed by atoms with Gasteiger partial charge >= 0.3 is 6.18 Å². The highest BCUT2D eigenvalue weighted by Gasteiger charge is 2.34. The Bertz CT molecular complexity index is 1000. The number of carbonyl (C=O) groups excluding carboxylic acids is 1. The molecule has 1 aromatic rings. The summed E-state index contributed by atoms with van der Waals surface area (Å²) in [7, 11) is 0. The van der Waals surface area contributed by atoms with Crippen LogP contribution in [0.1, 0.15) is 56.1 Å². The van der Waals surface area contributed by atoms with Gasteiger partial charge in [-0.2, -0.15) is 13.2 Å². The molecule has 1 N–H and O–H groups in total. The highest BCUT2D eigenvalue weighted by molar-refractivity contribution is 6.30. The van der Waals surface area contributed by atoms with E-state index in [1.165, 1.54) is 57.3 Å². The third-order valence-corrected chi connectivity index (χ3v) is 7.61. The lowest BCUT2D eigenvalue weighted by atomic mass is 9.98. The molecule has 0 unspecified atom stereocenters. The van der Waals surface area contributed by atoms with Crippen LogP contribution in [0.4, 0.5) is 13.2 Å². The van der Waals surface area contributed by atoms with E-state index < -0.39 is 11.7 Å². The van der Waals surface area contributed by atoms with Gasteiger partial charge < -0.3 is 15.1 Å². The number of benzene rings is 1. The molecular weight excluding hydrogens is 487 g/mol. The highest BCUT2D eigenvalue weighted by atomic mass is 35.5. The molecule has 36 heavy (non-hydrogen) atoms. The standard InChI is InChI=1S/C28H35ClF3N3O/c29-23-10-11-25(26(20-23)28(30,31)32)21-6-4-7-22(9-8-21)27(36)33-14-5-15-34-18-12-24(13-19-34)35-16-2-1-3-17-35/h6-11,20,24H,1-5,12-19H2,(H,33,36). The van der Waals surface area contributed by atoms with E-state index in [0.717, 1.165) is 38.2 Å². The average Bonchev–Trinajstić information content (AvgIpc) is 3.13. The Morgan fingerprint density at radius 2 is 1.78 bits per heavy atom. The fourth-order valence-electron chi connectivity index (χ4n) is 5.40. The number of nitrogens with zero attached hydrogens (tertiary/aromatic N) is 2. The van der Waals surface area contributed by atoms with Crippen LogP contribution in [0.2, 0.25) is 5.02 Å². The smallest absolute Gasteiger partial charge is 0.352 e. The number of nitrogens with one attached hydrogen (secondary N) is 1. The quantitative estimate of drug-likeness (QED) is 0.441. The zero-order chi connectivity index (χ0) is 25.5. The van der Waals surface area contributed by atoms with Crippen LogP contribution in [0.3, 0.4) is 0 Å². The van der Waals surface area contributed by atoms with Crippen LogP contribution in [0, 0.1) is 0 Å². The fraction of sp³-hybridized carbons (Fsp3) is 0.536. The molecule has 0 radical (unpaired) electrons. The number of alkyl halides is 3. The second-order valence-electron chi connectivity index (χ2n) is 9.85. The first kappa shape index (κ1) is 27.0. The fourth-order valence-corrected chi connectivity index (χ4v) is 5.57. The Hall–Kier alpha value is -2.09. The Labute approximate surface area is 216 Å². The summed E-state index contributed by atoms with van der Waals surface area (Å²) in [5.41, 5.74) is 0.165. The first-order valence-corrected chi connectivity index (χ1v) is 13.4. The van der Waals surface area contributed by atoms with Crippen LogP contribution in [-0.4, -0.2) is 61.0 Å². The van der Waals surface area contributed by atoms with E-state index in [1.54, 1.807) is 24.3 Å². The van der Waals surface area contributed by atoms with Gasteiger partial charge in [-0.1, -0.05) is 42.3 Å². The lowest BCUT2D eigenvalue weighted by molar-refractivity contribution is -0.137. The molecule has 2 heterocycles. The summed E-state index contributed by atoms with van der Waals surface area (Å²) in [5.74, 6) is -0.197. The number of hydrogen-bond donors (Lipinski definition) is 1. The molecule has 4 rings (SSSR count). The van der Waals surface area contributed by atoms with Gasteiger partial charge in [0.05, 0.1) is 5.56 Å². The van der Waals surface area contributed by atoms with E-state index in [9.17, 15) is 18.0 Å². The van der Waals surface area contributed by atoms with Crippen molar-refractivity contribution in [1.82, 2.24) is 15.1 Å². The predicted octanol–water partition coefficient (Wildman–Crippen LogP) is 6.09. The second-order valence-corrected chi connectivity index (χ2v) is 10.3. The van der Waals surface area contributed by atoms with Crippen molar-refractivity contribution in [1.29, 1.82) is 0 Å². The number of hydrogen-bond acceptors (Lipinski definition) is 3. The highest BCUT2D eigenvalue weighted by Crippen LogP contribution is 2.37. The van der Waals surface area contributed by atoms with Crippen LogP contribution in [0.15, 0.2) is 48.1 Å². The second kappa shape index (κ2) is 12.4. The van der Waals surface area contributed by atoms with Gasteiger partial charge in [-0.15, -0.1) is 0 Å². The van der Waals surface area contributed by atoms with Gasteiger partial charge in [-0.25, -0.2) is 0 Å². The molecule has 1 amide bonds. The van der Waals surface area contributed by atoms with Crippen molar-refractivity contribution in [3.8, 4) is 0 Å². The number of rotatable bonds is 7. The molecule has 0 bridgehead atoms. The Morgan fingerprint density at radius 1 is 1.03 bits per heavy atom. The largest absolute Gasteiger partial charge is 0.417 e. The van der Waals surface area contributed by atoms with Crippen molar-refractivity contribution in [2.75, 3.05) is 39.3 Å². The normalized spacial score (nSPS) is 20.6. The van der Waals surface area contributed by atoms with Gasteiger partial charge in [0.1, 0.15) is 0 Å². The molecule has 2 aliphatic heterocycles. The number of amides is 1. The lowest BCUT2D eigenvalue weighted by Crippen LogP contribution is -2.47. The third kappa shape index (κ3) is 7.24. The molecule has 1 aromatic carbocycles. The minimum atomic E-state index is -4.52. The molecule has 1 aliphatic carbocycles. The van der Waals surface area contributed by atoms with E-state index in [4.69, 9.17) is 11.6 Å². The average molecular weight is 522 g/mol.